The van der Waals surface area contributed by atoms with Crippen molar-refractivity contribution in [3.05, 3.63) is 58.9 Å². The van der Waals surface area contributed by atoms with E-state index in [1.165, 1.54) is 20.3 Å². The van der Waals surface area contributed by atoms with Gasteiger partial charge in [-0.2, -0.15) is 0 Å². The molecule has 0 unspecified atom stereocenters. The first-order chi connectivity index (χ1) is 16.3. The number of hydrogen-bond donors (Lipinski definition) is 0. The molecule has 0 atom stereocenters. The highest BCUT2D eigenvalue weighted by Gasteiger charge is 2.28. The molecule has 1 aromatic rings. The van der Waals surface area contributed by atoms with E-state index in [-0.39, 0.29) is 17.2 Å². The van der Waals surface area contributed by atoms with E-state index in [1.54, 1.807) is 29.3 Å². The third-order valence-corrected chi connectivity index (χ3v) is 5.96. The van der Waals surface area contributed by atoms with Crippen molar-refractivity contribution in [3.8, 4) is 0 Å². The number of halogens is 1. The zero-order chi connectivity index (χ0) is 24.8. The van der Waals surface area contributed by atoms with Crippen LogP contribution in [0.3, 0.4) is 0 Å². The minimum absolute atomic E-state index is 0.0282. The Hall–Kier alpha value is -3.26. The summed E-state index contributed by atoms with van der Waals surface area (Å²) < 4.78 is 9.79. The number of ether oxygens (including phenoxy) is 2. The summed E-state index contributed by atoms with van der Waals surface area (Å²) in [7, 11) is 2.50. The Labute approximate surface area is 205 Å². The molecule has 1 fully saturated rings. The van der Waals surface area contributed by atoms with Crippen molar-refractivity contribution in [1.82, 2.24) is 4.90 Å². The first-order valence-corrected chi connectivity index (χ1v) is 11.5. The Morgan fingerprint density at radius 3 is 2.26 bits per heavy atom. The molecule has 34 heavy (non-hydrogen) atoms. The van der Waals surface area contributed by atoms with Crippen molar-refractivity contribution in [3.63, 3.8) is 0 Å². The van der Waals surface area contributed by atoms with Crippen LogP contribution in [0.2, 0.25) is 5.02 Å². The molecule has 0 radical (unpaired) electrons. The molecule has 2 heterocycles. The van der Waals surface area contributed by atoms with Crippen LogP contribution in [0.1, 0.15) is 20.3 Å². The predicted octanol–water partition coefficient (Wildman–Crippen LogP) is 3.52. The Bertz CT molecular complexity index is 1040. The van der Waals surface area contributed by atoms with Gasteiger partial charge in [0.1, 0.15) is 5.70 Å². The second kappa shape index (κ2) is 11.2. The maximum absolute atomic E-state index is 12.6. The molecule has 1 amide bonds. The van der Waals surface area contributed by atoms with Crippen molar-refractivity contribution < 1.29 is 23.9 Å². The number of anilines is 2. The monoisotopic (exact) mass is 487 g/mol. The number of amides is 1. The van der Waals surface area contributed by atoms with E-state index >= 15 is 0 Å². The summed E-state index contributed by atoms with van der Waals surface area (Å²) in [6.07, 6.45) is 7.06. The second-order valence-corrected chi connectivity index (χ2v) is 8.82. The minimum Gasteiger partial charge on any atom is -0.465 e. The van der Waals surface area contributed by atoms with Crippen molar-refractivity contribution >= 4 is 40.8 Å². The summed E-state index contributed by atoms with van der Waals surface area (Å²) in [5, 5.41) is 0.494. The van der Waals surface area contributed by atoms with Crippen molar-refractivity contribution in [1.29, 1.82) is 0 Å². The van der Waals surface area contributed by atoms with Crippen molar-refractivity contribution in [2.75, 3.05) is 50.2 Å². The van der Waals surface area contributed by atoms with Gasteiger partial charge >= 0.3 is 11.9 Å². The standard InChI is InChI=1S/C25H30ClN3O5/c1-17(2)15-22(30)28-13-11-27(12-14-28)21-9-8-18(16-20(21)26)29-10-6-5-7-19(24(31)33-3)23(29)25(32)34-4/h5-10,16-17H,11-15H2,1-4H3. The Kier molecular flexibility index (Phi) is 8.39. The molecule has 0 aromatic heterocycles. The lowest BCUT2D eigenvalue weighted by atomic mass is 10.1. The molecule has 0 spiro atoms. The summed E-state index contributed by atoms with van der Waals surface area (Å²) in [6.45, 7) is 6.72. The second-order valence-electron chi connectivity index (χ2n) is 8.42. The quantitative estimate of drug-likeness (QED) is 0.568. The number of nitrogens with zero attached hydrogens (tertiary/aromatic N) is 3. The van der Waals surface area contributed by atoms with Crippen molar-refractivity contribution in [2.45, 2.75) is 20.3 Å². The smallest absolute Gasteiger partial charge is 0.355 e. The lowest BCUT2D eigenvalue weighted by Crippen LogP contribution is -2.49. The van der Waals surface area contributed by atoms with E-state index in [0.717, 1.165) is 5.69 Å². The Balaban J connectivity index is 1.85. The van der Waals surface area contributed by atoms with Crippen molar-refractivity contribution in [2.24, 2.45) is 5.92 Å². The van der Waals surface area contributed by atoms with Gasteiger partial charge in [0.15, 0.2) is 0 Å². The van der Waals surface area contributed by atoms with Gasteiger partial charge in [-0.25, -0.2) is 9.59 Å². The average Bonchev–Trinajstić information content (AvgIpc) is 3.06. The molecule has 3 rings (SSSR count). The molecule has 2 aliphatic rings. The maximum atomic E-state index is 12.6. The molecule has 1 aromatic carbocycles. The van der Waals surface area contributed by atoms with Crippen LogP contribution in [-0.2, 0) is 23.9 Å². The predicted molar refractivity (Wildman–Crippen MR) is 132 cm³/mol. The van der Waals surface area contributed by atoms with Gasteiger partial charge in [-0.05, 0) is 36.3 Å². The molecular weight excluding hydrogens is 458 g/mol. The van der Waals surface area contributed by atoms with E-state index < -0.39 is 11.9 Å². The third-order valence-electron chi connectivity index (χ3n) is 5.65. The number of allylic oxidation sites excluding steroid dienone is 2. The van der Waals surface area contributed by atoms with E-state index in [1.807, 2.05) is 30.9 Å². The van der Waals surface area contributed by atoms with Crippen LogP contribution in [-0.4, -0.2) is 63.1 Å². The van der Waals surface area contributed by atoms with Gasteiger partial charge in [0, 0.05) is 44.5 Å². The molecule has 182 valence electrons. The van der Waals surface area contributed by atoms with Gasteiger partial charge in [0.05, 0.1) is 30.5 Å². The lowest BCUT2D eigenvalue weighted by Gasteiger charge is -2.37. The summed E-state index contributed by atoms with van der Waals surface area (Å²) >= 11 is 6.67. The molecule has 1 saturated heterocycles. The van der Waals surface area contributed by atoms with E-state index in [9.17, 15) is 14.4 Å². The fourth-order valence-corrected chi connectivity index (χ4v) is 4.24. The number of hydrogen-bond acceptors (Lipinski definition) is 7. The molecule has 8 nitrogen and oxygen atoms in total. The van der Waals surface area contributed by atoms with Gasteiger partial charge in [-0.3, -0.25) is 4.79 Å². The lowest BCUT2D eigenvalue weighted by molar-refractivity contribution is -0.139. The zero-order valence-corrected chi connectivity index (χ0v) is 20.7. The minimum atomic E-state index is -0.681. The summed E-state index contributed by atoms with van der Waals surface area (Å²) in [6, 6.07) is 5.44. The highest BCUT2D eigenvalue weighted by Crippen LogP contribution is 2.34. The van der Waals surface area contributed by atoms with Crippen LogP contribution < -0.4 is 9.80 Å². The van der Waals surface area contributed by atoms with Crippen LogP contribution in [0.15, 0.2) is 53.9 Å². The first kappa shape index (κ1) is 25.4. The number of carbonyl (C=O) groups is 3. The number of piperazine rings is 1. The molecule has 0 bridgehead atoms. The molecule has 0 N–H and O–H groups in total. The number of methoxy groups -OCH3 is 2. The fourth-order valence-electron chi connectivity index (χ4n) is 3.94. The molecular formula is C25H30ClN3O5. The normalized spacial score (nSPS) is 16.1. The van der Waals surface area contributed by atoms with E-state index in [4.69, 9.17) is 21.1 Å². The molecule has 9 heteroatoms. The first-order valence-electron chi connectivity index (χ1n) is 11.1. The highest BCUT2D eigenvalue weighted by atomic mass is 35.5. The molecule has 0 saturated carbocycles. The topological polar surface area (TPSA) is 79.4 Å². The summed E-state index contributed by atoms with van der Waals surface area (Å²) in [4.78, 5) is 42.9. The SMILES string of the molecule is COC(=O)C1=C(C(=O)OC)N(c2ccc(N3CCN(C(=O)CC(C)C)CC3)c(Cl)c2)C=CC=C1. The Morgan fingerprint density at radius 1 is 1.00 bits per heavy atom. The van der Waals surface area contributed by atoms with Crippen LogP contribution in [0, 0.1) is 5.92 Å². The van der Waals surface area contributed by atoms with Gasteiger partial charge in [0.25, 0.3) is 0 Å². The van der Waals surface area contributed by atoms with E-state index in [2.05, 4.69) is 4.90 Å². The number of carbonyl (C=O) groups excluding carboxylic acids is 3. The van der Waals surface area contributed by atoms with Crippen LogP contribution in [0.4, 0.5) is 11.4 Å². The highest BCUT2D eigenvalue weighted by molar-refractivity contribution is 6.33. The number of rotatable bonds is 6. The number of benzene rings is 1. The van der Waals surface area contributed by atoms with Gasteiger partial charge in [-0.1, -0.05) is 31.5 Å². The van der Waals surface area contributed by atoms with E-state index in [0.29, 0.717) is 49.2 Å². The third kappa shape index (κ3) is 5.62. The van der Waals surface area contributed by atoms with Gasteiger partial charge < -0.3 is 24.2 Å². The number of esters is 2. The molecule has 2 aliphatic heterocycles. The van der Waals surface area contributed by atoms with Crippen LogP contribution in [0.5, 0.6) is 0 Å². The molecule has 0 aliphatic carbocycles. The van der Waals surface area contributed by atoms with Gasteiger partial charge in [-0.15, -0.1) is 0 Å². The largest absolute Gasteiger partial charge is 0.465 e. The van der Waals surface area contributed by atoms with Gasteiger partial charge in [0.2, 0.25) is 5.91 Å². The fraction of sp³-hybridized carbons (Fsp3) is 0.400. The zero-order valence-electron chi connectivity index (χ0n) is 19.9. The maximum Gasteiger partial charge on any atom is 0.355 e. The van der Waals surface area contributed by atoms with Crippen LogP contribution in [0.25, 0.3) is 0 Å². The summed E-state index contributed by atoms with van der Waals surface area (Å²) in [5.74, 6) is -0.822. The van der Waals surface area contributed by atoms with Crippen LogP contribution >= 0.6 is 11.6 Å². The Morgan fingerprint density at radius 2 is 1.68 bits per heavy atom. The summed E-state index contributed by atoms with van der Waals surface area (Å²) in [5.41, 5.74) is 1.53. The average molecular weight is 488 g/mol.